The summed E-state index contributed by atoms with van der Waals surface area (Å²) in [5.74, 6) is 0.643. The summed E-state index contributed by atoms with van der Waals surface area (Å²) in [5, 5.41) is 11.2. The van der Waals surface area contributed by atoms with E-state index in [1.807, 2.05) is 26.0 Å². The van der Waals surface area contributed by atoms with Crippen LogP contribution in [-0.2, 0) is 6.54 Å². The highest BCUT2D eigenvalue weighted by Gasteiger charge is 2.27. The van der Waals surface area contributed by atoms with Gasteiger partial charge in [-0.25, -0.2) is 0 Å². The van der Waals surface area contributed by atoms with Crippen molar-refractivity contribution < 1.29 is 4.92 Å². The van der Waals surface area contributed by atoms with E-state index in [1.54, 1.807) is 6.07 Å². The van der Waals surface area contributed by atoms with E-state index in [2.05, 4.69) is 11.8 Å². The van der Waals surface area contributed by atoms with Crippen molar-refractivity contribution in [2.24, 2.45) is 11.7 Å². The van der Waals surface area contributed by atoms with Crippen LogP contribution in [0.3, 0.4) is 0 Å². The van der Waals surface area contributed by atoms with Gasteiger partial charge in [0.25, 0.3) is 5.69 Å². The van der Waals surface area contributed by atoms with E-state index in [-0.39, 0.29) is 22.6 Å². The number of benzene rings is 1. The first kappa shape index (κ1) is 14.9. The summed E-state index contributed by atoms with van der Waals surface area (Å²) in [6.45, 7) is 8.65. The molecule has 0 bridgehead atoms. The molecule has 1 aliphatic heterocycles. The Bertz CT molecular complexity index is 492. The topological polar surface area (TPSA) is 72.4 Å². The molecule has 2 N–H and O–H groups in total. The number of hydrogen-bond acceptors (Lipinski definition) is 4. The molecule has 0 saturated carbocycles. The first-order valence-corrected chi connectivity index (χ1v) is 7.13. The molecule has 20 heavy (non-hydrogen) atoms. The lowest BCUT2D eigenvalue weighted by atomic mass is 9.99. The standard InChI is InChI=1S/C15H23N3O2/c1-10(2)13-5-4-12(6-15(13)18(19)20)8-17-7-11(3)14(16)9-17/h4-6,10-11,14H,7-9,16H2,1-3H3. The average Bonchev–Trinajstić information content (AvgIpc) is 2.67. The van der Waals surface area contributed by atoms with E-state index in [0.29, 0.717) is 5.92 Å². The Hall–Kier alpha value is -1.46. The minimum Gasteiger partial charge on any atom is -0.326 e. The number of nitro benzene ring substituents is 1. The molecule has 2 unspecified atom stereocenters. The zero-order valence-electron chi connectivity index (χ0n) is 12.4. The summed E-state index contributed by atoms with van der Waals surface area (Å²) in [5.41, 5.74) is 8.03. The van der Waals surface area contributed by atoms with Gasteiger partial charge >= 0.3 is 0 Å². The van der Waals surface area contributed by atoms with Crippen molar-refractivity contribution in [1.82, 2.24) is 4.90 Å². The highest BCUT2D eigenvalue weighted by atomic mass is 16.6. The van der Waals surface area contributed by atoms with Gasteiger partial charge in [0, 0.05) is 37.3 Å². The van der Waals surface area contributed by atoms with E-state index < -0.39 is 0 Å². The summed E-state index contributed by atoms with van der Waals surface area (Å²) in [6.07, 6.45) is 0. The monoisotopic (exact) mass is 277 g/mol. The van der Waals surface area contributed by atoms with Crippen molar-refractivity contribution in [3.05, 3.63) is 39.4 Å². The quantitative estimate of drug-likeness (QED) is 0.678. The molecule has 1 aromatic rings. The number of nitro groups is 1. The van der Waals surface area contributed by atoms with E-state index >= 15 is 0 Å². The van der Waals surface area contributed by atoms with Crippen LogP contribution >= 0.6 is 0 Å². The van der Waals surface area contributed by atoms with E-state index in [4.69, 9.17) is 5.73 Å². The Morgan fingerprint density at radius 3 is 2.65 bits per heavy atom. The first-order chi connectivity index (χ1) is 9.38. The maximum absolute atomic E-state index is 11.2. The van der Waals surface area contributed by atoms with Crippen molar-refractivity contribution in [2.45, 2.75) is 39.3 Å². The lowest BCUT2D eigenvalue weighted by Crippen LogP contribution is -2.28. The van der Waals surface area contributed by atoms with E-state index in [0.717, 1.165) is 30.8 Å². The van der Waals surface area contributed by atoms with Crippen LogP contribution in [0.2, 0.25) is 0 Å². The maximum atomic E-state index is 11.2. The maximum Gasteiger partial charge on any atom is 0.273 e. The molecule has 1 fully saturated rings. The predicted molar refractivity (Wildman–Crippen MR) is 79.6 cm³/mol. The molecule has 0 aromatic heterocycles. The summed E-state index contributed by atoms with van der Waals surface area (Å²) in [7, 11) is 0. The number of nitrogens with two attached hydrogens (primary N) is 1. The van der Waals surface area contributed by atoms with Gasteiger partial charge in [0.15, 0.2) is 0 Å². The SMILES string of the molecule is CC(C)c1ccc(CN2CC(C)C(N)C2)cc1[N+](=O)[O-]. The van der Waals surface area contributed by atoms with Gasteiger partial charge in [-0.05, 0) is 17.4 Å². The molecule has 1 aliphatic rings. The smallest absolute Gasteiger partial charge is 0.273 e. The van der Waals surface area contributed by atoms with Crippen LogP contribution in [0, 0.1) is 16.0 Å². The molecule has 1 aromatic carbocycles. The Morgan fingerprint density at radius 2 is 2.15 bits per heavy atom. The second kappa shape index (κ2) is 5.89. The van der Waals surface area contributed by atoms with Crippen LogP contribution in [-0.4, -0.2) is 29.0 Å². The summed E-state index contributed by atoms with van der Waals surface area (Å²) >= 11 is 0. The van der Waals surface area contributed by atoms with Crippen LogP contribution in [0.15, 0.2) is 18.2 Å². The zero-order chi connectivity index (χ0) is 14.9. The van der Waals surface area contributed by atoms with E-state index in [9.17, 15) is 10.1 Å². The Kier molecular flexibility index (Phi) is 4.40. The molecule has 110 valence electrons. The molecule has 0 aliphatic carbocycles. The Labute approximate surface area is 119 Å². The summed E-state index contributed by atoms with van der Waals surface area (Å²) < 4.78 is 0. The zero-order valence-corrected chi connectivity index (χ0v) is 12.4. The van der Waals surface area contributed by atoms with Crippen LogP contribution < -0.4 is 5.73 Å². The molecule has 5 heteroatoms. The van der Waals surface area contributed by atoms with Gasteiger partial charge in [-0.15, -0.1) is 0 Å². The molecule has 0 amide bonds. The van der Waals surface area contributed by atoms with Crippen molar-refractivity contribution in [1.29, 1.82) is 0 Å². The van der Waals surface area contributed by atoms with Crippen LogP contribution in [0.1, 0.15) is 37.8 Å². The van der Waals surface area contributed by atoms with Gasteiger partial charge in [-0.1, -0.05) is 32.9 Å². The molecule has 1 heterocycles. The minimum absolute atomic E-state index is 0.157. The van der Waals surface area contributed by atoms with Crippen molar-refractivity contribution in [3.8, 4) is 0 Å². The first-order valence-electron chi connectivity index (χ1n) is 7.13. The lowest BCUT2D eigenvalue weighted by molar-refractivity contribution is -0.385. The predicted octanol–water partition coefficient (Wildman–Crippen LogP) is 2.50. The summed E-state index contributed by atoms with van der Waals surface area (Å²) in [6, 6.07) is 5.80. The highest BCUT2D eigenvalue weighted by Crippen LogP contribution is 2.28. The molecular formula is C15H23N3O2. The van der Waals surface area contributed by atoms with Gasteiger partial charge in [-0.2, -0.15) is 0 Å². The van der Waals surface area contributed by atoms with E-state index in [1.165, 1.54) is 0 Å². The molecule has 0 spiro atoms. The van der Waals surface area contributed by atoms with Gasteiger partial charge in [0.1, 0.15) is 0 Å². The van der Waals surface area contributed by atoms with Crippen molar-refractivity contribution >= 4 is 5.69 Å². The Morgan fingerprint density at radius 1 is 1.45 bits per heavy atom. The number of likely N-dealkylation sites (tertiary alicyclic amines) is 1. The normalized spacial score (nSPS) is 23.4. The van der Waals surface area contributed by atoms with Crippen molar-refractivity contribution in [3.63, 3.8) is 0 Å². The molecule has 2 rings (SSSR count). The fraction of sp³-hybridized carbons (Fsp3) is 0.600. The second-order valence-electron chi connectivity index (χ2n) is 6.14. The van der Waals surface area contributed by atoms with Gasteiger partial charge in [0.2, 0.25) is 0 Å². The third kappa shape index (κ3) is 3.16. The van der Waals surface area contributed by atoms with Crippen molar-refractivity contribution in [2.75, 3.05) is 13.1 Å². The van der Waals surface area contributed by atoms with Gasteiger partial charge < -0.3 is 5.73 Å². The number of hydrogen-bond donors (Lipinski definition) is 1. The average molecular weight is 277 g/mol. The van der Waals surface area contributed by atoms with Gasteiger partial charge in [0.05, 0.1) is 4.92 Å². The largest absolute Gasteiger partial charge is 0.326 e. The molecule has 5 nitrogen and oxygen atoms in total. The molecule has 1 saturated heterocycles. The van der Waals surface area contributed by atoms with Crippen LogP contribution in [0.5, 0.6) is 0 Å². The van der Waals surface area contributed by atoms with Crippen LogP contribution in [0.25, 0.3) is 0 Å². The summed E-state index contributed by atoms with van der Waals surface area (Å²) in [4.78, 5) is 13.2. The number of rotatable bonds is 4. The van der Waals surface area contributed by atoms with Gasteiger partial charge in [-0.3, -0.25) is 15.0 Å². The molecular weight excluding hydrogens is 254 g/mol. The minimum atomic E-state index is -0.281. The lowest BCUT2D eigenvalue weighted by Gasteiger charge is -2.16. The fourth-order valence-electron chi connectivity index (χ4n) is 2.82. The van der Waals surface area contributed by atoms with Crippen LogP contribution in [0.4, 0.5) is 5.69 Å². The molecule has 2 atom stereocenters. The second-order valence-corrected chi connectivity index (χ2v) is 6.14. The number of nitrogens with zero attached hydrogens (tertiary/aromatic N) is 2. The highest BCUT2D eigenvalue weighted by molar-refractivity contribution is 5.45. The fourth-order valence-corrected chi connectivity index (χ4v) is 2.82. The third-order valence-corrected chi connectivity index (χ3v) is 4.07. The third-order valence-electron chi connectivity index (χ3n) is 4.07. The molecule has 0 radical (unpaired) electrons. The Balaban J connectivity index is 2.17.